The average Bonchev–Trinajstić information content (AvgIpc) is 1.49. The number of halogens is 2. The van der Waals surface area contributed by atoms with Crippen LogP contribution < -0.4 is 83.0 Å². The highest BCUT2D eigenvalue weighted by Crippen LogP contribution is 2.81. The van der Waals surface area contributed by atoms with Gasteiger partial charge >= 0.3 is 0 Å². The summed E-state index contributed by atoms with van der Waals surface area (Å²) >= 11 is 14.3. The number of aromatic hydroxyl groups is 1. The van der Waals surface area contributed by atoms with Crippen LogP contribution in [0, 0.1) is 35.0 Å². The van der Waals surface area contributed by atoms with Gasteiger partial charge in [0.2, 0.25) is 59.3 Å². The molecule has 9 amide bonds. The number of carbonyl (C=O) groups is 9. The fourth-order valence-electron chi connectivity index (χ4n) is 18.4. The second-order valence-electron chi connectivity index (χ2n) is 31.5. The first-order chi connectivity index (χ1) is 56.0. The molecule has 4 saturated carbocycles. The number of hydrogen-bond acceptors (Lipinski definition) is 26. The number of nitrogens with one attached hydrogen (secondary N) is 9. The minimum atomic E-state index is -2.36. The summed E-state index contributed by atoms with van der Waals surface area (Å²) in [6.45, 7) is 2.81. The Balaban J connectivity index is 0.899. The molecular formula is C81H89Cl2N11O23. The summed E-state index contributed by atoms with van der Waals surface area (Å²) in [5.41, 5.74) is 10.9. The molecule has 6 aromatic rings. The van der Waals surface area contributed by atoms with Gasteiger partial charge in [-0.3, -0.25) is 48.5 Å². The molecule has 5 aliphatic carbocycles. The van der Waals surface area contributed by atoms with E-state index in [2.05, 4.69) is 47.9 Å². The molecule has 1 spiro atoms. The molecule has 36 heteroatoms. The van der Waals surface area contributed by atoms with Crippen LogP contribution >= 0.6 is 23.2 Å². The zero-order chi connectivity index (χ0) is 83.1. The van der Waals surface area contributed by atoms with Crippen molar-refractivity contribution in [3.63, 3.8) is 0 Å². The van der Waals surface area contributed by atoms with E-state index in [0.29, 0.717) is 11.8 Å². The van der Waals surface area contributed by atoms with Gasteiger partial charge in [0, 0.05) is 24.7 Å². The molecule has 1 saturated heterocycles. The van der Waals surface area contributed by atoms with Crippen LogP contribution in [0.4, 0.5) is 0 Å². The van der Waals surface area contributed by atoms with E-state index in [-0.39, 0.29) is 145 Å². The lowest BCUT2D eigenvalue weighted by Gasteiger charge is -2.67. The van der Waals surface area contributed by atoms with Gasteiger partial charge < -0.3 is 123 Å². The molecule has 620 valence electrons. The molecule has 0 radical (unpaired) electrons. The first kappa shape index (κ1) is 81.8. The van der Waals surface area contributed by atoms with Gasteiger partial charge in [-0.25, -0.2) is 0 Å². The molecule has 13 bridgehead atoms. The van der Waals surface area contributed by atoms with E-state index in [0.717, 1.165) is 49.9 Å². The largest absolute Gasteiger partial charge is 0.508 e. The van der Waals surface area contributed by atoms with Gasteiger partial charge in [-0.15, -0.1) is 0 Å². The zero-order valence-corrected chi connectivity index (χ0v) is 64.8. The van der Waals surface area contributed by atoms with Crippen LogP contribution in [0.5, 0.6) is 46.0 Å². The van der Waals surface area contributed by atoms with Crippen LogP contribution in [-0.2, 0) is 43.1 Å². The Kier molecular flexibility index (Phi) is 23.0. The normalized spacial score (nSPS) is 29.9. The lowest BCUT2D eigenvalue weighted by atomic mass is 9.38. The molecule has 6 heterocycles. The van der Waals surface area contributed by atoms with Crippen LogP contribution in [-0.4, -0.2) is 195 Å². The lowest BCUT2D eigenvalue weighted by Crippen LogP contribution is -2.65. The predicted octanol–water partition coefficient (Wildman–Crippen LogP) is 1.47. The number of benzene rings is 6. The number of aliphatic hydroxyl groups excluding tert-OH is 7. The van der Waals surface area contributed by atoms with Crippen molar-refractivity contribution >= 4 is 76.4 Å². The van der Waals surface area contributed by atoms with Gasteiger partial charge in [0.1, 0.15) is 109 Å². The Morgan fingerprint density at radius 2 is 1.28 bits per heavy atom. The average molecular weight is 1660 g/mol. The predicted molar refractivity (Wildman–Crippen MR) is 412 cm³/mol. The molecule has 6 aliphatic heterocycles. The number of hydrogen-bond donors (Lipinski definition) is 19. The van der Waals surface area contributed by atoms with Crippen molar-refractivity contribution in [2.24, 2.45) is 46.5 Å². The van der Waals surface area contributed by atoms with Crippen LogP contribution in [0.1, 0.15) is 138 Å². The minimum Gasteiger partial charge on any atom is -0.508 e. The number of imide groups is 1. The molecule has 21 N–H and O–H groups in total. The summed E-state index contributed by atoms with van der Waals surface area (Å²) in [7, 11) is 1.48. The van der Waals surface area contributed by atoms with Crippen molar-refractivity contribution < 1.29 is 112 Å². The topological polar surface area (TPSA) is 531 Å². The van der Waals surface area contributed by atoms with Crippen LogP contribution in [0.15, 0.2) is 97.1 Å². The fraction of sp³-hybridized carbons (Fsp3) is 0.444. The Morgan fingerprint density at radius 1 is 0.641 bits per heavy atom. The van der Waals surface area contributed by atoms with E-state index < -0.39 is 186 Å². The summed E-state index contributed by atoms with van der Waals surface area (Å²) < 4.78 is 37.0. The summed E-state index contributed by atoms with van der Waals surface area (Å²) in [4.78, 5) is 139. The van der Waals surface area contributed by atoms with Crippen molar-refractivity contribution in [2.45, 2.75) is 150 Å². The maximum absolute atomic E-state index is 16.5. The molecule has 17 rings (SSSR count). The molecule has 21 unspecified atom stereocenters. The van der Waals surface area contributed by atoms with Crippen molar-refractivity contribution in [3.8, 4) is 57.1 Å². The summed E-state index contributed by atoms with van der Waals surface area (Å²) in [6, 6.07) is 5.80. The third-order valence-corrected chi connectivity index (χ3v) is 24.7. The van der Waals surface area contributed by atoms with Gasteiger partial charge in [0.15, 0.2) is 23.0 Å². The number of rotatable bonds is 19. The summed E-state index contributed by atoms with van der Waals surface area (Å²) in [6.07, 6.45) is -12.8. The summed E-state index contributed by atoms with van der Waals surface area (Å²) in [5, 5.41) is 117. The van der Waals surface area contributed by atoms with Crippen LogP contribution in [0.3, 0.4) is 0 Å². The van der Waals surface area contributed by atoms with Crippen molar-refractivity contribution in [1.82, 2.24) is 47.9 Å². The second kappa shape index (κ2) is 32.9. The first-order valence-corrected chi connectivity index (χ1v) is 39.3. The SMILES string of the molecule is CNC(CC(C)C)C(=O)NC1C(=O)NC(CC(=O)NC(=O)c2ccc(OCCN)c(OCCN)c2)C(=O)NC2C(=O)NC3C(=O)NC(C(=O)NC(C(=O)NC4C5CC6CC7CC4C67C5)c4cc(O)cc5c4-c4cc3ccc4C5O)C(O)c3ccc(c(Cl)c3)Oc3cc2cc(c3OC2OC(CO)C(O)C(O)C2O)Oc2ccc(cc2Cl)C1O. The maximum Gasteiger partial charge on any atom is 0.257 e. The number of phenols is 1. The number of likely N-dealkylation sites (N-methyl/N-ethyl adjacent to an activating group) is 1. The number of nitrogens with two attached hydrogens (primary N) is 2. The quantitative estimate of drug-likeness (QED) is 0.0546. The number of phenolic OH excluding ortho intramolecular Hbond substituents is 1. The highest BCUT2D eigenvalue weighted by atomic mass is 35.5. The Labute approximate surface area is 678 Å². The van der Waals surface area contributed by atoms with Gasteiger partial charge in [-0.1, -0.05) is 61.3 Å². The highest BCUT2D eigenvalue weighted by molar-refractivity contribution is 6.32. The number of amides is 9. The van der Waals surface area contributed by atoms with Crippen LogP contribution in [0.25, 0.3) is 11.1 Å². The maximum atomic E-state index is 16.5. The van der Waals surface area contributed by atoms with Crippen molar-refractivity contribution in [3.05, 3.63) is 152 Å². The fourth-order valence-corrected chi connectivity index (χ4v) is 18.9. The van der Waals surface area contributed by atoms with Crippen molar-refractivity contribution in [1.29, 1.82) is 0 Å². The zero-order valence-electron chi connectivity index (χ0n) is 63.3. The van der Waals surface area contributed by atoms with E-state index in [4.69, 9.17) is 63.1 Å². The molecule has 6 aromatic carbocycles. The third kappa shape index (κ3) is 15.3. The number of carbonyl (C=O) groups excluding carboxylic acids is 9. The molecule has 0 aromatic heterocycles. The van der Waals surface area contributed by atoms with Gasteiger partial charge in [-0.2, -0.15) is 0 Å². The third-order valence-electron chi connectivity index (χ3n) is 24.1. The van der Waals surface area contributed by atoms with E-state index in [1.165, 1.54) is 79.8 Å². The van der Waals surface area contributed by atoms with Crippen LogP contribution in [0.2, 0.25) is 10.0 Å². The minimum absolute atomic E-state index is 0.00704. The molecule has 34 nitrogen and oxygen atoms in total. The lowest BCUT2D eigenvalue weighted by molar-refractivity contribution is -0.277. The Morgan fingerprint density at radius 3 is 1.93 bits per heavy atom. The second-order valence-corrected chi connectivity index (χ2v) is 32.4. The van der Waals surface area contributed by atoms with Gasteiger partial charge in [0.25, 0.3) is 5.91 Å². The Bertz CT molecular complexity index is 5000. The number of fused-ring (bicyclic) bond motifs is 13. The molecular weight excluding hydrogens is 1570 g/mol. The van der Waals surface area contributed by atoms with Crippen molar-refractivity contribution in [2.75, 3.05) is 40.0 Å². The molecule has 11 aliphatic rings. The van der Waals surface area contributed by atoms with E-state index in [9.17, 15) is 55.2 Å². The van der Waals surface area contributed by atoms with Gasteiger partial charge in [0.05, 0.1) is 29.1 Å². The standard InChI is InChI=1S/C81H89Cl2N11O23/c1-31(2)16-48(86-3)73(105)93-63-65(98)33-5-9-50(46(82)19-33)114-54-22-36-23-55(71(54)117-80-70(103)69(102)68(101)56(30-95)116-80)115-51-10-6-34(20-47(51)83)66(99)64-79(111)92-62(77(109)89-59-37-17-38-24-39-25-45(59)81(38,39)29-37)43-26-40(96)27-44-58(43)42-18-32(4-8-41(42)67(44)100)60(75(107)94-64)91-76(108)61(36)90-74(106)49(87-78(63)110)28-57(97)88-72(104)35-7-11-52(112-14-12-84)53(21-35)113-15-13-85/h4-11,18-23,26-27,31,37-39,45,48-49,56,59-70,80,86,95-96,98-103H,12-17,24-25,28-30,84-85H2,1-3H3,(H,87,110)(H,89,109)(H,90,106)(H,91,108)(H,92,111)(H,93,105)(H,94,107)(H,88,97,104). The molecule has 5 fully saturated rings. The molecule has 117 heavy (non-hydrogen) atoms. The van der Waals surface area contributed by atoms with E-state index in [1.54, 1.807) is 0 Å². The summed E-state index contributed by atoms with van der Waals surface area (Å²) in [5.74, 6) is -12.1. The monoisotopic (exact) mass is 1650 g/mol. The number of aliphatic hydroxyl groups is 7. The molecule has 21 atom stereocenters. The van der Waals surface area contributed by atoms with Gasteiger partial charge in [-0.05, 0) is 197 Å². The number of ether oxygens (including phenoxy) is 6. The van der Waals surface area contributed by atoms with E-state index in [1.807, 2.05) is 13.8 Å². The Hall–Kier alpha value is -10.3. The highest BCUT2D eigenvalue weighted by Gasteiger charge is 2.76. The first-order valence-electron chi connectivity index (χ1n) is 38.6. The van der Waals surface area contributed by atoms with E-state index >= 15 is 28.8 Å². The smallest absolute Gasteiger partial charge is 0.257 e.